The maximum absolute atomic E-state index is 13.6. The smallest absolute Gasteiger partial charge is 0.326 e. The summed E-state index contributed by atoms with van der Waals surface area (Å²) in [4.78, 5) is 27.3. The van der Waals surface area contributed by atoms with Gasteiger partial charge in [-0.1, -0.05) is 12.1 Å². The lowest BCUT2D eigenvalue weighted by molar-refractivity contribution is -0.141. The third-order valence-electron chi connectivity index (χ3n) is 3.26. The summed E-state index contributed by atoms with van der Waals surface area (Å²) in [7, 11) is 0. The van der Waals surface area contributed by atoms with Gasteiger partial charge in [-0.15, -0.1) is 0 Å². The maximum Gasteiger partial charge on any atom is 0.326 e. The molecule has 0 saturated carbocycles. The standard InChI is InChI=1S/C16H13BrF2N2O3/c17-15-10(2-1-5-20-15)6-13(16(23)24)21-14(22)7-9-3-4-11(18)8-12(9)19/h1-5,8,13H,6-7H2,(H,21,22)(H,23,24)/t13-/m1/s1. The molecule has 2 rings (SSSR count). The van der Waals surface area contributed by atoms with E-state index in [4.69, 9.17) is 0 Å². The Morgan fingerprint density at radius 1 is 1.25 bits per heavy atom. The molecule has 5 nitrogen and oxygen atoms in total. The molecule has 0 bridgehead atoms. The van der Waals surface area contributed by atoms with Crippen molar-refractivity contribution in [3.8, 4) is 0 Å². The molecule has 1 atom stereocenters. The Hall–Kier alpha value is -2.35. The van der Waals surface area contributed by atoms with Crippen molar-refractivity contribution in [1.82, 2.24) is 10.3 Å². The predicted molar refractivity (Wildman–Crippen MR) is 85.3 cm³/mol. The van der Waals surface area contributed by atoms with Crippen LogP contribution in [0.3, 0.4) is 0 Å². The highest BCUT2D eigenvalue weighted by Gasteiger charge is 2.22. The number of carbonyl (C=O) groups is 2. The lowest BCUT2D eigenvalue weighted by Gasteiger charge is -2.15. The number of amides is 1. The van der Waals surface area contributed by atoms with E-state index in [0.29, 0.717) is 16.2 Å². The second-order valence-corrected chi connectivity index (χ2v) is 5.78. The molecule has 1 aromatic carbocycles. The van der Waals surface area contributed by atoms with Crippen LogP contribution in [0.1, 0.15) is 11.1 Å². The van der Waals surface area contributed by atoms with Gasteiger partial charge in [-0.25, -0.2) is 18.6 Å². The molecule has 0 aliphatic carbocycles. The molecule has 0 aliphatic heterocycles. The van der Waals surface area contributed by atoms with E-state index in [1.165, 1.54) is 0 Å². The Balaban J connectivity index is 2.06. The molecule has 0 aliphatic rings. The molecule has 0 radical (unpaired) electrons. The van der Waals surface area contributed by atoms with Crippen molar-refractivity contribution in [2.24, 2.45) is 0 Å². The van der Waals surface area contributed by atoms with Crippen molar-refractivity contribution in [2.45, 2.75) is 18.9 Å². The number of carbonyl (C=O) groups excluding carboxylic acids is 1. The summed E-state index contributed by atoms with van der Waals surface area (Å²) in [5, 5.41) is 11.6. The molecule has 0 fully saturated rings. The van der Waals surface area contributed by atoms with Crippen molar-refractivity contribution in [2.75, 3.05) is 0 Å². The van der Waals surface area contributed by atoms with Crippen LogP contribution in [-0.4, -0.2) is 28.0 Å². The fraction of sp³-hybridized carbons (Fsp3) is 0.188. The zero-order valence-electron chi connectivity index (χ0n) is 12.3. The van der Waals surface area contributed by atoms with Gasteiger partial charge >= 0.3 is 5.97 Å². The third-order valence-corrected chi connectivity index (χ3v) is 3.97. The van der Waals surface area contributed by atoms with E-state index in [1.807, 2.05) is 0 Å². The molecular formula is C16H13BrF2N2O3. The van der Waals surface area contributed by atoms with E-state index in [9.17, 15) is 23.5 Å². The van der Waals surface area contributed by atoms with Crippen LogP contribution in [0.4, 0.5) is 8.78 Å². The van der Waals surface area contributed by atoms with Gasteiger partial charge in [0.2, 0.25) is 5.91 Å². The Kier molecular flexibility index (Phi) is 5.97. The van der Waals surface area contributed by atoms with E-state index < -0.39 is 29.6 Å². The average Bonchev–Trinajstić information content (AvgIpc) is 2.51. The summed E-state index contributed by atoms with van der Waals surface area (Å²) in [6.45, 7) is 0. The van der Waals surface area contributed by atoms with Crippen LogP contribution in [0.5, 0.6) is 0 Å². The van der Waals surface area contributed by atoms with Crippen molar-refractivity contribution < 1.29 is 23.5 Å². The van der Waals surface area contributed by atoms with Gasteiger partial charge in [0.1, 0.15) is 22.3 Å². The van der Waals surface area contributed by atoms with Crippen LogP contribution >= 0.6 is 15.9 Å². The van der Waals surface area contributed by atoms with Crippen molar-refractivity contribution >= 4 is 27.8 Å². The molecule has 1 amide bonds. The molecule has 126 valence electrons. The summed E-state index contributed by atoms with van der Waals surface area (Å²) in [5.41, 5.74) is 0.596. The van der Waals surface area contributed by atoms with Crippen LogP contribution in [0, 0.1) is 11.6 Å². The van der Waals surface area contributed by atoms with Gasteiger partial charge < -0.3 is 10.4 Å². The fourth-order valence-electron chi connectivity index (χ4n) is 2.07. The minimum absolute atomic E-state index is 0.0133. The number of hydrogen-bond donors (Lipinski definition) is 2. The second-order valence-electron chi connectivity index (χ2n) is 5.03. The van der Waals surface area contributed by atoms with Gasteiger partial charge in [0.25, 0.3) is 0 Å². The highest BCUT2D eigenvalue weighted by Crippen LogP contribution is 2.15. The van der Waals surface area contributed by atoms with Gasteiger partial charge in [0, 0.05) is 18.7 Å². The predicted octanol–water partition coefficient (Wildman–Crippen LogP) is 2.48. The highest BCUT2D eigenvalue weighted by molar-refractivity contribution is 9.10. The molecule has 24 heavy (non-hydrogen) atoms. The normalized spacial score (nSPS) is 11.8. The number of carboxylic acid groups (broad SMARTS) is 1. The van der Waals surface area contributed by atoms with E-state index in [1.54, 1.807) is 18.3 Å². The number of nitrogens with zero attached hydrogens (tertiary/aromatic N) is 1. The first-order valence-corrected chi connectivity index (χ1v) is 7.71. The van der Waals surface area contributed by atoms with E-state index in [0.717, 1.165) is 12.1 Å². The zero-order chi connectivity index (χ0) is 17.7. The van der Waals surface area contributed by atoms with Gasteiger partial charge in [-0.05, 0) is 39.2 Å². The number of benzene rings is 1. The monoisotopic (exact) mass is 398 g/mol. The first-order valence-electron chi connectivity index (χ1n) is 6.92. The molecule has 2 N–H and O–H groups in total. The second kappa shape index (κ2) is 7.96. The number of nitrogens with one attached hydrogen (secondary N) is 1. The largest absolute Gasteiger partial charge is 0.480 e. The molecular weight excluding hydrogens is 386 g/mol. The van der Waals surface area contributed by atoms with Crippen LogP contribution in [0.15, 0.2) is 41.1 Å². The van der Waals surface area contributed by atoms with Gasteiger partial charge in [-0.2, -0.15) is 0 Å². The number of hydrogen-bond acceptors (Lipinski definition) is 3. The number of halogens is 3. The number of pyridine rings is 1. The number of aliphatic carboxylic acids is 1. The summed E-state index contributed by atoms with van der Waals surface area (Å²) in [6.07, 6.45) is 1.17. The quantitative estimate of drug-likeness (QED) is 0.732. The SMILES string of the molecule is O=C(Cc1ccc(F)cc1F)N[C@H](Cc1cccnc1Br)C(=O)O. The lowest BCUT2D eigenvalue weighted by Crippen LogP contribution is -2.43. The number of rotatable bonds is 6. The van der Waals surface area contributed by atoms with Crippen molar-refractivity contribution in [3.05, 3.63) is 63.9 Å². The van der Waals surface area contributed by atoms with Gasteiger partial charge in [0.15, 0.2) is 0 Å². The van der Waals surface area contributed by atoms with Crippen LogP contribution in [-0.2, 0) is 22.4 Å². The highest BCUT2D eigenvalue weighted by atomic mass is 79.9. The number of aromatic nitrogens is 1. The van der Waals surface area contributed by atoms with Crippen LogP contribution in [0.25, 0.3) is 0 Å². The molecule has 2 aromatic rings. The van der Waals surface area contributed by atoms with Crippen LogP contribution < -0.4 is 5.32 Å². The summed E-state index contributed by atoms with van der Waals surface area (Å²) in [6, 6.07) is 4.99. The minimum atomic E-state index is -1.22. The Bertz CT molecular complexity index is 771. The van der Waals surface area contributed by atoms with E-state index in [-0.39, 0.29) is 18.4 Å². The average molecular weight is 399 g/mol. The van der Waals surface area contributed by atoms with Gasteiger partial charge in [-0.3, -0.25) is 4.79 Å². The Morgan fingerprint density at radius 2 is 2.00 bits per heavy atom. The summed E-state index contributed by atoms with van der Waals surface area (Å²) < 4.78 is 26.9. The summed E-state index contributed by atoms with van der Waals surface area (Å²) in [5.74, 6) is -3.50. The first-order chi connectivity index (χ1) is 11.4. The first kappa shape index (κ1) is 18.0. The van der Waals surface area contributed by atoms with E-state index in [2.05, 4.69) is 26.2 Å². The van der Waals surface area contributed by atoms with Crippen molar-refractivity contribution in [1.29, 1.82) is 0 Å². The van der Waals surface area contributed by atoms with Crippen molar-refractivity contribution in [3.63, 3.8) is 0 Å². The lowest BCUT2D eigenvalue weighted by atomic mass is 10.1. The maximum atomic E-state index is 13.6. The summed E-state index contributed by atoms with van der Waals surface area (Å²) >= 11 is 3.21. The molecule has 0 spiro atoms. The molecule has 1 aromatic heterocycles. The molecule has 1 heterocycles. The van der Waals surface area contributed by atoms with Gasteiger partial charge in [0.05, 0.1) is 6.42 Å². The molecule has 8 heteroatoms. The van der Waals surface area contributed by atoms with E-state index >= 15 is 0 Å². The topological polar surface area (TPSA) is 79.3 Å². The molecule has 0 saturated heterocycles. The third kappa shape index (κ3) is 4.82. The fourth-order valence-corrected chi connectivity index (χ4v) is 2.49. The minimum Gasteiger partial charge on any atom is -0.480 e. The zero-order valence-corrected chi connectivity index (χ0v) is 13.9. The number of carboxylic acids is 1. The Labute approximate surface area is 144 Å². The Morgan fingerprint density at radius 3 is 2.62 bits per heavy atom. The van der Waals surface area contributed by atoms with Crippen LogP contribution in [0.2, 0.25) is 0 Å². The molecule has 0 unspecified atom stereocenters.